The highest BCUT2D eigenvalue weighted by Crippen LogP contribution is 2.72. The molecule has 4 aliphatic carbocycles. The van der Waals surface area contributed by atoms with Crippen LogP contribution in [0.15, 0.2) is 23.8 Å². The molecule has 0 bridgehead atoms. The van der Waals surface area contributed by atoms with Gasteiger partial charge in [-0.3, -0.25) is 14.2 Å². The lowest BCUT2D eigenvalue weighted by atomic mass is 9.45. The van der Waals surface area contributed by atoms with Crippen LogP contribution in [0.2, 0.25) is 18.1 Å². The molecule has 4 rings (SSSR count). The van der Waals surface area contributed by atoms with E-state index in [4.69, 9.17) is 29.8 Å². The Morgan fingerprint density at radius 3 is 2.34 bits per heavy atom. The Labute approximate surface area is 270 Å². The molecular weight excluding hydrogens is 619 g/mol. The lowest BCUT2D eigenvalue weighted by Gasteiger charge is -2.64. The number of alkyl halides is 1. The van der Waals surface area contributed by atoms with Crippen molar-refractivity contribution in [3.63, 3.8) is 0 Å². The van der Waals surface area contributed by atoms with Crippen LogP contribution in [0.25, 0.3) is 0 Å². The second-order valence-corrected chi connectivity index (χ2v) is 22.8. The molecule has 0 spiro atoms. The van der Waals surface area contributed by atoms with Crippen LogP contribution in [0.4, 0.5) is 0 Å². The number of halogens is 1. The minimum Gasteiger partial charge on any atom is -0.409 e. The van der Waals surface area contributed by atoms with Crippen molar-refractivity contribution in [2.24, 2.45) is 28.6 Å². The SMILES string of the molecule is CCOP(=O)(CO[C@]1(C(=O)CO[Si](C)(C)C(C)(C)C)[C@@H](C)C[C@H]2[C@@H]3CCC4=CC(=O)C=C[C@]4(C)[C@@]3(Cl)[C@@H](O)C[C@@]21C)OCC. The smallest absolute Gasteiger partial charge is 0.356 e. The average Bonchev–Trinajstić information content (AvgIpc) is 3.13. The van der Waals surface area contributed by atoms with Crippen LogP contribution in [0.1, 0.15) is 81.1 Å². The van der Waals surface area contributed by atoms with E-state index in [1.54, 1.807) is 26.0 Å². The Balaban J connectivity index is 1.80. The van der Waals surface area contributed by atoms with Crippen molar-refractivity contribution in [3.05, 3.63) is 23.8 Å². The molecule has 0 aromatic carbocycles. The Bertz CT molecular complexity index is 1250. The van der Waals surface area contributed by atoms with Gasteiger partial charge in [0.05, 0.1) is 30.8 Å². The minimum absolute atomic E-state index is 0.0615. The molecule has 0 radical (unpaired) electrons. The molecule has 250 valence electrons. The minimum atomic E-state index is -3.67. The van der Waals surface area contributed by atoms with E-state index in [2.05, 4.69) is 33.9 Å². The fourth-order valence-electron chi connectivity index (χ4n) is 8.77. The highest BCUT2D eigenvalue weighted by molar-refractivity contribution is 7.53. The zero-order valence-electron chi connectivity index (χ0n) is 28.3. The van der Waals surface area contributed by atoms with Gasteiger partial charge >= 0.3 is 7.60 Å². The van der Waals surface area contributed by atoms with Gasteiger partial charge in [-0.25, -0.2) is 0 Å². The molecule has 3 saturated carbocycles. The van der Waals surface area contributed by atoms with E-state index in [0.717, 1.165) is 5.57 Å². The van der Waals surface area contributed by atoms with Gasteiger partial charge in [0.15, 0.2) is 19.9 Å². The lowest BCUT2D eigenvalue weighted by molar-refractivity contribution is -0.191. The molecule has 8 nitrogen and oxygen atoms in total. The first kappa shape index (κ1) is 36.2. The zero-order chi connectivity index (χ0) is 33.1. The number of aliphatic hydroxyl groups excluding tert-OH is 1. The maximum atomic E-state index is 14.7. The molecular formula is C33H54ClO8PSi. The van der Waals surface area contributed by atoms with Crippen molar-refractivity contribution in [1.29, 1.82) is 0 Å². The molecule has 0 aromatic heterocycles. The first-order chi connectivity index (χ1) is 20.2. The number of aliphatic hydroxyl groups is 1. The van der Waals surface area contributed by atoms with Crippen LogP contribution >= 0.6 is 19.2 Å². The Morgan fingerprint density at radius 2 is 1.77 bits per heavy atom. The van der Waals surface area contributed by atoms with Crippen LogP contribution in [0.3, 0.4) is 0 Å². The fraction of sp³-hybridized carbons (Fsp3) is 0.818. The predicted molar refractivity (Wildman–Crippen MR) is 175 cm³/mol. The first-order valence-electron chi connectivity index (χ1n) is 16.2. The van der Waals surface area contributed by atoms with E-state index in [0.29, 0.717) is 19.3 Å². The normalized spacial score (nSPS) is 39.0. The van der Waals surface area contributed by atoms with Gasteiger partial charge in [0.25, 0.3) is 0 Å². The van der Waals surface area contributed by atoms with E-state index < -0.39 is 43.3 Å². The molecule has 0 heterocycles. The lowest BCUT2D eigenvalue weighted by Crippen LogP contribution is -2.69. The van der Waals surface area contributed by atoms with Crippen molar-refractivity contribution in [2.45, 2.75) is 116 Å². The average molecular weight is 673 g/mol. The molecule has 0 unspecified atom stereocenters. The maximum absolute atomic E-state index is 14.7. The van der Waals surface area contributed by atoms with E-state index in [1.165, 1.54) is 0 Å². The third-order valence-corrected chi connectivity index (χ3v) is 19.2. The quantitative estimate of drug-likeness (QED) is 0.137. The standard InChI is InChI=1S/C33H54ClO8PSi/c1-11-40-43(38,41-12-2)21-39-33(28(37)20-42-44(9,10)29(4,5)6)22(3)17-26-25-14-13-23-18-24(35)15-16-30(23,7)32(25,34)27(36)19-31(26,33)8/h15-16,18,22,25-27,36H,11-14,17,19-21H2,1-10H3/t22-,25-,26-,27-,30-,31-,32-,33-/m0/s1. The Kier molecular flexibility index (Phi) is 9.96. The maximum Gasteiger partial charge on any atom is 0.356 e. The van der Waals surface area contributed by atoms with Gasteiger partial charge in [-0.1, -0.05) is 53.2 Å². The van der Waals surface area contributed by atoms with Gasteiger partial charge in [0.2, 0.25) is 0 Å². The highest BCUT2D eigenvalue weighted by atomic mass is 35.5. The van der Waals surface area contributed by atoms with Crippen LogP contribution in [-0.2, 0) is 32.4 Å². The number of carbonyl (C=O) groups excluding carboxylic acids is 2. The van der Waals surface area contributed by atoms with E-state index >= 15 is 0 Å². The molecule has 0 aromatic rings. The number of ether oxygens (including phenoxy) is 1. The number of carbonyl (C=O) groups is 2. The summed E-state index contributed by atoms with van der Waals surface area (Å²) in [7, 11) is -5.98. The summed E-state index contributed by atoms with van der Waals surface area (Å²) in [4.78, 5) is 26.0. The summed E-state index contributed by atoms with van der Waals surface area (Å²) in [6, 6.07) is 0. The number of hydrogen-bond donors (Lipinski definition) is 1. The number of fused-ring (bicyclic) bond motifs is 5. The number of hydrogen-bond acceptors (Lipinski definition) is 8. The third-order valence-electron chi connectivity index (χ3n) is 12.1. The van der Waals surface area contributed by atoms with Gasteiger partial charge in [0.1, 0.15) is 11.9 Å². The van der Waals surface area contributed by atoms with E-state index in [9.17, 15) is 19.3 Å². The summed E-state index contributed by atoms with van der Waals surface area (Å²) in [6.45, 7) is 20.4. The summed E-state index contributed by atoms with van der Waals surface area (Å²) in [5.41, 5.74) is -2.03. The van der Waals surface area contributed by atoms with Gasteiger partial charge in [-0.2, -0.15) is 0 Å². The molecule has 0 amide bonds. The zero-order valence-corrected chi connectivity index (χ0v) is 31.0. The highest BCUT2D eigenvalue weighted by Gasteiger charge is 2.75. The summed E-state index contributed by atoms with van der Waals surface area (Å²) >= 11 is 7.66. The summed E-state index contributed by atoms with van der Waals surface area (Å²) in [5.74, 6) is -0.805. The Hall–Kier alpha value is -0.643. The van der Waals surface area contributed by atoms with E-state index in [-0.39, 0.29) is 66.9 Å². The second-order valence-electron chi connectivity index (χ2n) is 15.3. The van der Waals surface area contributed by atoms with Crippen LogP contribution in [-0.4, -0.2) is 67.7 Å². The number of rotatable bonds is 11. The van der Waals surface area contributed by atoms with Gasteiger partial charge in [-0.05, 0) is 87.6 Å². The van der Waals surface area contributed by atoms with Crippen LogP contribution in [0, 0.1) is 28.6 Å². The van der Waals surface area contributed by atoms with Crippen molar-refractivity contribution in [1.82, 2.24) is 0 Å². The molecule has 1 N–H and O–H groups in total. The second kappa shape index (κ2) is 12.1. The number of allylic oxidation sites excluding steroid dienone is 4. The third kappa shape index (κ3) is 5.43. The van der Waals surface area contributed by atoms with E-state index in [1.807, 2.05) is 26.8 Å². The number of ketones is 2. The van der Waals surface area contributed by atoms with Crippen molar-refractivity contribution < 1.29 is 37.5 Å². The predicted octanol–water partition coefficient (Wildman–Crippen LogP) is 7.44. The molecule has 0 saturated heterocycles. The van der Waals surface area contributed by atoms with Crippen LogP contribution in [0.5, 0.6) is 0 Å². The summed E-state index contributed by atoms with van der Waals surface area (Å²) in [6.07, 6.45) is 5.91. The van der Waals surface area contributed by atoms with Crippen molar-refractivity contribution in [2.75, 3.05) is 26.2 Å². The summed E-state index contributed by atoms with van der Waals surface area (Å²) < 4.78 is 38.1. The molecule has 3 fully saturated rings. The van der Waals surface area contributed by atoms with Crippen LogP contribution < -0.4 is 0 Å². The first-order valence-corrected chi connectivity index (χ1v) is 21.2. The molecule has 11 heteroatoms. The molecule has 44 heavy (non-hydrogen) atoms. The largest absolute Gasteiger partial charge is 0.409 e. The fourth-order valence-corrected chi connectivity index (χ4v) is 11.6. The monoisotopic (exact) mass is 672 g/mol. The molecule has 0 aliphatic heterocycles. The van der Waals surface area contributed by atoms with Crippen molar-refractivity contribution in [3.8, 4) is 0 Å². The molecule has 4 aliphatic rings. The van der Waals surface area contributed by atoms with Gasteiger partial charge < -0.3 is 23.3 Å². The van der Waals surface area contributed by atoms with Crippen molar-refractivity contribution >= 4 is 39.1 Å². The van der Waals surface area contributed by atoms with Gasteiger partial charge in [-0.15, -0.1) is 11.6 Å². The Morgan fingerprint density at radius 1 is 1.16 bits per heavy atom. The number of Topliss-reactive ketones (excluding diaryl/α,β-unsaturated/α-hetero) is 1. The molecule has 8 atom stereocenters. The topological polar surface area (TPSA) is 108 Å². The summed E-state index contributed by atoms with van der Waals surface area (Å²) in [5, 5.41) is 12.0. The van der Waals surface area contributed by atoms with Gasteiger partial charge in [0, 0.05) is 10.8 Å².